The largest absolute Gasteiger partial charge is 0.493 e. The van der Waals surface area contributed by atoms with Gasteiger partial charge in [0.15, 0.2) is 11.5 Å². The summed E-state index contributed by atoms with van der Waals surface area (Å²) in [5.41, 5.74) is 2.12. The molecule has 0 aliphatic heterocycles. The molecular formula is C22H29N3O4. The lowest BCUT2D eigenvalue weighted by atomic mass is 10.2. The van der Waals surface area contributed by atoms with Crippen LogP contribution in [0.1, 0.15) is 29.8 Å². The van der Waals surface area contributed by atoms with Gasteiger partial charge in [0, 0.05) is 24.3 Å². The molecule has 0 unspecified atom stereocenters. The number of amides is 2. The van der Waals surface area contributed by atoms with Gasteiger partial charge in [-0.15, -0.1) is 0 Å². The first kappa shape index (κ1) is 22.2. The highest BCUT2D eigenvalue weighted by atomic mass is 16.5. The minimum absolute atomic E-state index is 0.154. The molecule has 2 aromatic carbocycles. The molecule has 2 aromatic rings. The van der Waals surface area contributed by atoms with E-state index in [2.05, 4.69) is 10.6 Å². The molecule has 0 saturated heterocycles. The number of hydrogen-bond acceptors (Lipinski definition) is 5. The van der Waals surface area contributed by atoms with Crippen molar-refractivity contribution in [1.82, 2.24) is 10.2 Å². The monoisotopic (exact) mass is 399 g/mol. The van der Waals surface area contributed by atoms with Crippen molar-refractivity contribution < 1.29 is 19.1 Å². The number of ether oxygens (including phenoxy) is 2. The summed E-state index contributed by atoms with van der Waals surface area (Å²) in [5, 5.41) is 5.58. The van der Waals surface area contributed by atoms with Crippen LogP contribution in [0.25, 0.3) is 0 Å². The summed E-state index contributed by atoms with van der Waals surface area (Å²) in [4.78, 5) is 26.2. The summed E-state index contributed by atoms with van der Waals surface area (Å²) < 4.78 is 10.9. The Kier molecular flexibility index (Phi) is 8.48. The first-order valence-corrected chi connectivity index (χ1v) is 9.63. The second kappa shape index (κ2) is 11.1. The molecule has 0 aliphatic rings. The van der Waals surface area contributed by atoms with E-state index in [1.807, 2.05) is 44.0 Å². The number of nitrogens with zero attached hydrogens (tertiary/aromatic N) is 1. The molecule has 7 heteroatoms. The molecule has 0 saturated carbocycles. The second-order valence-electron chi connectivity index (χ2n) is 6.58. The van der Waals surface area contributed by atoms with Gasteiger partial charge in [0.2, 0.25) is 5.91 Å². The first-order chi connectivity index (χ1) is 14.0. The van der Waals surface area contributed by atoms with Gasteiger partial charge in [0.1, 0.15) is 0 Å². The van der Waals surface area contributed by atoms with Crippen LogP contribution < -0.4 is 20.1 Å². The van der Waals surface area contributed by atoms with E-state index < -0.39 is 0 Å². The number of anilines is 1. The first-order valence-electron chi connectivity index (χ1n) is 9.63. The van der Waals surface area contributed by atoms with Crippen molar-refractivity contribution in [2.24, 2.45) is 0 Å². The van der Waals surface area contributed by atoms with Gasteiger partial charge in [0.05, 0.1) is 20.3 Å². The Morgan fingerprint density at radius 1 is 1.07 bits per heavy atom. The van der Waals surface area contributed by atoms with Crippen molar-refractivity contribution in [1.29, 1.82) is 0 Å². The molecule has 0 fully saturated rings. The quantitative estimate of drug-likeness (QED) is 0.642. The number of likely N-dealkylation sites (N-methyl/N-ethyl adjacent to an activating group) is 1. The van der Waals surface area contributed by atoms with Crippen LogP contribution in [0.5, 0.6) is 11.5 Å². The highest BCUT2D eigenvalue weighted by molar-refractivity contribution is 5.97. The molecule has 0 spiro atoms. The molecule has 7 nitrogen and oxygen atoms in total. The zero-order chi connectivity index (χ0) is 21.2. The molecule has 2 rings (SSSR count). The zero-order valence-corrected chi connectivity index (χ0v) is 17.5. The van der Waals surface area contributed by atoms with Crippen LogP contribution in [0.15, 0.2) is 42.5 Å². The lowest BCUT2D eigenvalue weighted by molar-refractivity contribution is -0.117. The molecule has 0 aliphatic carbocycles. The van der Waals surface area contributed by atoms with Crippen LogP contribution in [0.4, 0.5) is 5.69 Å². The van der Waals surface area contributed by atoms with Crippen molar-refractivity contribution in [3.8, 4) is 11.5 Å². The van der Waals surface area contributed by atoms with Gasteiger partial charge in [-0.25, -0.2) is 0 Å². The molecule has 156 valence electrons. The fraction of sp³-hybridized carbons (Fsp3) is 0.364. The summed E-state index contributed by atoms with van der Waals surface area (Å²) in [7, 11) is 3.47. The summed E-state index contributed by atoms with van der Waals surface area (Å²) in [6.07, 6.45) is 0. The topological polar surface area (TPSA) is 79.9 Å². The highest BCUT2D eigenvalue weighted by Crippen LogP contribution is 2.28. The number of rotatable bonds is 10. The molecular weight excluding hydrogens is 370 g/mol. The fourth-order valence-electron chi connectivity index (χ4n) is 2.90. The Balaban J connectivity index is 1.94. The number of benzene rings is 2. The highest BCUT2D eigenvalue weighted by Gasteiger charge is 2.11. The van der Waals surface area contributed by atoms with Crippen molar-refractivity contribution in [2.75, 3.05) is 39.2 Å². The van der Waals surface area contributed by atoms with Crippen LogP contribution in [0.2, 0.25) is 0 Å². The zero-order valence-electron chi connectivity index (χ0n) is 17.5. The molecule has 2 amide bonds. The maximum atomic E-state index is 12.4. The Morgan fingerprint density at radius 3 is 2.55 bits per heavy atom. The lowest BCUT2D eigenvalue weighted by Gasteiger charge is -2.18. The van der Waals surface area contributed by atoms with Crippen molar-refractivity contribution in [3.63, 3.8) is 0 Å². The Hall–Kier alpha value is -3.06. The van der Waals surface area contributed by atoms with E-state index in [0.717, 1.165) is 5.56 Å². The van der Waals surface area contributed by atoms with E-state index in [0.29, 0.717) is 42.4 Å². The summed E-state index contributed by atoms with van der Waals surface area (Å²) in [6, 6.07) is 12.6. The second-order valence-corrected chi connectivity index (χ2v) is 6.58. The number of methoxy groups -OCH3 is 1. The molecule has 29 heavy (non-hydrogen) atoms. The molecule has 0 atom stereocenters. The normalized spacial score (nSPS) is 10.5. The molecule has 0 heterocycles. The van der Waals surface area contributed by atoms with Crippen LogP contribution >= 0.6 is 0 Å². The summed E-state index contributed by atoms with van der Waals surface area (Å²) >= 11 is 0. The average Bonchev–Trinajstić information content (AvgIpc) is 2.69. The van der Waals surface area contributed by atoms with E-state index in [-0.39, 0.29) is 18.4 Å². The third kappa shape index (κ3) is 6.80. The van der Waals surface area contributed by atoms with Crippen LogP contribution in [0.3, 0.4) is 0 Å². The average molecular weight is 399 g/mol. The van der Waals surface area contributed by atoms with E-state index in [4.69, 9.17) is 9.47 Å². The minimum atomic E-state index is -0.162. The molecule has 0 radical (unpaired) electrons. The van der Waals surface area contributed by atoms with E-state index in [9.17, 15) is 9.59 Å². The number of nitrogens with one attached hydrogen (secondary N) is 2. The van der Waals surface area contributed by atoms with Gasteiger partial charge in [-0.3, -0.25) is 14.5 Å². The fourth-order valence-corrected chi connectivity index (χ4v) is 2.90. The van der Waals surface area contributed by atoms with Gasteiger partial charge < -0.3 is 20.1 Å². The van der Waals surface area contributed by atoms with Crippen molar-refractivity contribution in [3.05, 3.63) is 53.6 Å². The third-order valence-corrected chi connectivity index (χ3v) is 4.14. The minimum Gasteiger partial charge on any atom is -0.493 e. The maximum Gasteiger partial charge on any atom is 0.251 e. The van der Waals surface area contributed by atoms with Crippen LogP contribution in [0, 0.1) is 0 Å². The van der Waals surface area contributed by atoms with Gasteiger partial charge >= 0.3 is 0 Å². The standard InChI is InChI=1S/C22H29N3O4/c1-5-23-22(27)17-8-7-9-18(13-17)24-21(26)15-25(3)14-16-10-11-19(29-6-2)20(12-16)28-4/h7-13H,5-6,14-15H2,1-4H3,(H,23,27)(H,24,26). The Bertz CT molecular complexity index is 839. The Labute approximate surface area is 172 Å². The molecule has 2 N–H and O–H groups in total. The SMILES string of the molecule is CCNC(=O)c1cccc(NC(=O)CN(C)Cc2ccc(OCC)c(OC)c2)c1. The predicted octanol–water partition coefficient (Wildman–Crippen LogP) is 2.91. The molecule has 0 bridgehead atoms. The van der Waals surface area contributed by atoms with Gasteiger partial charge in [-0.2, -0.15) is 0 Å². The predicted molar refractivity (Wildman–Crippen MR) is 114 cm³/mol. The summed E-state index contributed by atoms with van der Waals surface area (Å²) in [5.74, 6) is 1.05. The molecule has 0 aromatic heterocycles. The van der Waals surface area contributed by atoms with Crippen molar-refractivity contribution >= 4 is 17.5 Å². The smallest absolute Gasteiger partial charge is 0.251 e. The number of carbonyl (C=O) groups excluding carboxylic acids is 2. The van der Waals surface area contributed by atoms with Crippen molar-refractivity contribution in [2.45, 2.75) is 20.4 Å². The van der Waals surface area contributed by atoms with Crippen LogP contribution in [-0.4, -0.2) is 50.6 Å². The number of hydrogen-bond donors (Lipinski definition) is 2. The van der Waals surface area contributed by atoms with Gasteiger partial charge in [-0.05, 0) is 56.8 Å². The van der Waals surface area contributed by atoms with E-state index >= 15 is 0 Å². The third-order valence-electron chi connectivity index (χ3n) is 4.14. The maximum absolute atomic E-state index is 12.4. The number of carbonyl (C=O) groups is 2. The van der Waals surface area contributed by atoms with E-state index in [1.54, 1.807) is 31.4 Å². The lowest BCUT2D eigenvalue weighted by Crippen LogP contribution is -2.30. The van der Waals surface area contributed by atoms with Gasteiger partial charge in [-0.1, -0.05) is 12.1 Å². The Morgan fingerprint density at radius 2 is 1.86 bits per heavy atom. The van der Waals surface area contributed by atoms with E-state index in [1.165, 1.54) is 0 Å². The van der Waals surface area contributed by atoms with Crippen LogP contribution in [-0.2, 0) is 11.3 Å². The summed E-state index contributed by atoms with van der Waals surface area (Å²) in [6.45, 7) is 5.69. The van der Waals surface area contributed by atoms with Gasteiger partial charge in [0.25, 0.3) is 5.91 Å².